The van der Waals surface area contributed by atoms with Gasteiger partial charge in [0.2, 0.25) is 0 Å². The Morgan fingerprint density at radius 3 is 2.44 bits per heavy atom. The summed E-state index contributed by atoms with van der Waals surface area (Å²) in [4.78, 5) is 28.8. The highest BCUT2D eigenvalue weighted by Gasteiger charge is 2.31. The third kappa shape index (κ3) is 4.03. The quantitative estimate of drug-likeness (QED) is 0.818. The number of nitrogens with zero attached hydrogens (tertiary/aromatic N) is 4. The molecule has 0 N–H and O–H groups in total. The summed E-state index contributed by atoms with van der Waals surface area (Å²) >= 11 is 0. The predicted molar refractivity (Wildman–Crippen MR) is 99.2 cm³/mol. The zero-order chi connectivity index (χ0) is 18.6. The minimum atomic E-state index is -0.283. The maximum atomic E-state index is 12.7. The minimum Gasteiger partial charge on any atom is -0.368 e. The number of hydrogen-bond donors (Lipinski definition) is 0. The van der Waals surface area contributed by atoms with Gasteiger partial charge in [-0.2, -0.15) is 5.10 Å². The molecule has 1 aromatic carbocycles. The molecule has 7 nitrogen and oxygen atoms in total. The highest BCUT2D eigenvalue weighted by Crippen LogP contribution is 2.17. The molecule has 1 aromatic heterocycles. The van der Waals surface area contributed by atoms with E-state index in [2.05, 4.69) is 5.10 Å². The zero-order valence-corrected chi connectivity index (χ0v) is 15.3. The van der Waals surface area contributed by atoms with Crippen molar-refractivity contribution in [2.75, 3.05) is 32.8 Å². The maximum absolute atomic E-state index is 12.7. The Balaban J connectivity index is 1.31. The first kappa shape index (κ1) is 17.7. The average Bonchev–Trinajstić information content (AvgIpc) is 3.42. The largest absolute Gasteiger partial charge is 0.368 e. The van der Waals surface area contributed by atoms with Gasteiger partial charge >= 0.3 is 0 Å². The van der Waals surface area contributed by atoms with Gasteiger partial charge in [0.05, 0.1) is 6.54 Å². The number of carbonyl (C=O) groups excluding carboxylic acids is 2. The van der Waals surface area contributed by atoms with Crippen LogP contribution in [0.3, 0.4) is 0 Å². The number of piperazine rings is 1. The molecular formula is C20H24N4O3. The monoisotopic (exact) mass is 368 g/mol. The molecule has 1 atom stereocenters. The van der Waals surface area contributed by atoms with Gasteiger partial charge in [0, 0.05) is 50.7 Å². The SMILES string of the molecule is O=C(c1ccc(Cn2cccn2)cc1)N1CCN(C(=O)C2CCCO2)CC1. The number of aromatic nitrogens is 2. The van der Waals surface area contributed by atoms with Crippen molar-refractivity contribution >= 4 is 11.8 Å². The van der Waals surface area contributed by atoms with Gasteiger partial charge in [0.25, 0.3) is 11.8 Å². The molecule has 142 valence electrons. The molecule has 27 heavy (non-hydrogen) atoms. The van der Waals surface area contributed by atoms with Crippen molar-refractivity contribution in [3.63, 3.8) is 0 Å². The number of carbonyl (C=O) groups is 2. The maximum Gasteiger partial charge on any atom is 0.253 e. The van der Waals surface area contributed by atoms with Gasteiger partial charge in [-0.3, -0.25) is 14.3 Å². The smallest absolute Gasteiger partial charge is 0.253 e. The Kier molecular flexibility index (Phi) is 5.20. The normalized spacial score (nSPS) is 20.1. The third-order valence-electron chi connectivity index (χ3n) is 5.19. The van der Waals surface area contributed by atoms with Crippen LogP contribution in [0.25, 0.3) is 0 Å². The van der Waals surface area contributed by atoms with Gasteiger partial charge in [0.1, 0.15) is 6.10 Å². The minimum absolute atomic E-state index is 0.0184. The van der Waals surface area contributed by atoms with Crippen molar-refractivity contribution in [2.45, 2.75) is 25.5 Å². The Labute approximate surface area is 158 Å². The van der Waals surface area contributed by atoms with Crippen LogP contribution < -0.4 is 0 Å². The van der Waals surface area contributed by atoms with Gasteiger partial charge in [0.15, 0.2) is 0 Å². The Hall–Kier alpha value is -2.67. The molecule has 7 heteroatoms. The highest BCUT2D eigenvalue weighted by molar-refractivity contribution is 5.94. The molecule has 0 radical (unpaired) electrons. The molecule has 3 heterocycles. The molecular weight excluding hydrogens is 344 g/mol. The summed E-state index contributed by atoms with van der Waals surface area (Å²) in [7, 11) is 0. The van der Waals surface area contributed by atoms with Gasteiger partial charge in [-0.1, -0.05) is 12.1 Å². The fourth-order valence-electron chi connectivity index (χ4n) is 3.62. The van der Waals surface area contributed by atoms with E-state index in [1.807, 2.05) is 51.0 Å². The molecule has 0 spiro atoms. The van der Waals surface area contributed by atoms with E-state index < -0.39 is 0 Å². The molecule has 4 rings (SSSR count). The standard InChI is InChI=1S/C20H24N4O3/c25-19(17-6-4-16(5-7-17)15-24-9-2-8-21-24)22-10-12-23(13-11-22)20(26)18-3-1-14-27-18/h2,4-9,18H,1,3,10-15H2. The van der Waals surface area contributed by atoms with Crippen LogP contribution in [-0.4, -0.2) is 70.3 Å². The van der Waals surface area contributed by atoms with E-state index >= 15 is 0 Å². The van der Waals surface area contributed by atoms with E-state index in [1.54, 1.807) is 6.20 Å². The van der Waals surface area contributed by atoms with Gasteiger partial charge in [-0.15, -0.1) is 0 Å². The topological polar surface area (TPSA) is 67.7 Å². The van der Waals surface area contributed by atoms with E-state index in [0.717, 1.165) is 18.4 Å². The molecule has 2 aliphatic rings. The first-order valence-corrected chi connectivity index (χ1v) is 9.47. The molecule has 1 unspecified atom stereocenters. The summed E-state index contributed by atoms with van der Waals surface area (Å²) in [6.07, 6.45) is 5.14. The molecule has 2 aliphatic heterocycles. The number of ether oxygens (including phenoxy) is 1. The summed E-state index contributed by atoms with van der Waals surface area (Å²) in [6.45, 7) is 3.62. The predicted octanol–water partition coefficient (Wildman–Crippen LogP) is 1.39. The van der Waals surface area contributed by atoms with Crippen LogP contribution in [0.2, 0.25) is 0 Å². The second-order valence-corrected chi connectivity index (χ2v) is 7.02. The van der Waals surface area contributed by atoms with Crippen LogP contribution >= 0.6 is 0 Å². The number of benzene rings is 1. The summed E-state index contributed by atoms with van der Waals surface area (Å²) < 4.78 is 7.33. The number of hydrogen-bond acceptors (Lipinski definition) is 4. The van der Waals surface area contributed by atoms with Crippen molar-refractivity contribution in [2.24, 2.45) is 0 Å². The van der Waals surface area contributed by atoms with E-state index in [-0.39, 0.29) is 17.9 Å². The van der Waals surface area contributed by atoms with Gasteiger partial charge in [-0.25, -0.2) is 0 Å². The molecule has 0 aliphatic carbocycles. The summed E-state index contributed by atoms with van der Waals surface area (Å²) in [5, 5.41) is 4.19. The second kappa shape index (κ2) is 7.92. The number of amides is 2. The second-order valence-electron chi connectivity index (χ2n) is 7.02. The van der Waals surface area contributed by atoms with Crippen molar-refractivity contribution in [1.29, 1.82) is 0 Å². The van der Waals surface area contributed by atoms with E-state index in [0.29, 0.717) is 44.9 Å². The summed E-state index contributed by atoms with van der Waals surface area (Å²) in [5.74, 6) is 0.0902. The fraction of sp³-hybridized carbons (Fsp3) is 0.450. The van der Waals surface area contributed by atoms with Crippen LogP contribution in [0.4, 0.5) is 0 Å². The van der Waals surface area contributed by atoms with Crippen LogP contribution in [0.15, 0.2) is 42.7 Å². The van der Waals surface area contributed by atoms with Crippen molar-refractivity contribution in [3.05, 3.63) is 53.9 Å². The Morgan fingerprint density at radius 1 is 1.07 bits per heavy atom. The lowest BCUT2D eigenvalue weighted by molar-refractivity contribution is -0.142. The van der Waals surface area contributed by atoms with Crippen LogP contribution in [0.5, 0.6) is 0 Å². The van der Waals surface area contributed by atoms with Crippen LogP contribution in [0.1, 0.15) is 28.8 Å². The zero-order valence-electron chi connectivity index (χ0n) is 15.3. The van der Waals surface area contributed by atoms with Crippen molar-refractivity contribution < 1.29 is 14.3 Å². The van der Waals surface area contributed by atoms with Crippen molar-refractivity contribution in [3.8, 4) is 0 Å². The molecule has 0 saturated carbocycles. The first-order valence-electron chi connectivity index (χ1n) is 9.47. The lowest BCUT2D eigenvalue weighted by Crippen LogP contribution is -2.52. The van der Waals surface area contributed by atoms with Crippen LogP contribution in [0, 0.1) is 0 Å². The van der Waals surface area contributed by atoms with Gasteiger partial charge in [-0.05, 0) is 36.6 Å². The lowest BCUT2D eigenvalue weighted by Gasteiger charge is -2.35. The Morgan fingerprint density at radius 2 is 1.81 bits per heavy atom. The molecule has 2 saturated heterocycles. The summed E-state index contributed by atoms with van der Waals surface area (Å²) in [5.41, 5.74) is 1.78. The number of rotatable bonds is 4. The molecule has 2 fully saturated rings. The first-order chi connectivity index (χ1) is 13.2. The van der Waals surface area contributed by atoms with Crippen molar-refractivity contribution in [1.82, 2.24) is 19.6 Å². The molecule has 2 aromatic rings. The molecule has 0 bridgehead atoms. The lowest BCUT2D eigenvalue weighted by atomic mass is 10.1. The summed E-state index contributed by atoms with van der Waals surface area (Å²) in [6, 6.07) is 9.55. The van der Waals surface area contributed by atoms with E-state index in [1.165, 1.54) is 0 Å². The average molecular weight is 368 g/mol. The van der Waals surface area contributed by atoms with E-state index in [4.69, 9.17) is 4.74 Å². The van der Waals surface area contributed by atoms with E-state index in [9.17, 15) is 9.59 Å². The molecule has 2 amide bonds. The van der Waals surface area contributed by atoms with Gasteiger partial charge < -0.3 is 14.5 Å². The van der Waals surface area contributed by atoms with Crippen LogP contribution in [-0.2, 0) is 16.1 Å². The highest BCUT2D eigenvalue weighted by atomic mass is 16.5. The third-order valence-corrected chi connectivity index (χ3v) is 5.19. The fourth-order valence-corrected chi connectivity index (χ4v) is 3.62. The Bertz CT molecular complexity index is 774.